The Bertz CT molecular complexity index is 1000. The van der Waals surface area contributed by atoms with Gasteiger partial charge in [-0.25, -0.2) is 15.0 Å². The van der Waals surface area contributed by atoms with Gasteiger partial charge in [0.1, 0.15) is 6.61 Å². The molecule has 0 spiro atoms. The second kappa shape index (κ2) is 12.5. The molecule has 1 aliphatic carbocycles. The second-order valence-electron chi connectivity index (χ2n) is 9.21. The predicted octanol–water partition coefficient (Wildman–Crippen LogP) is 3.85. The summed E-state index contributed by atoms with van der Waals surface area (Å²) in [4.78, 5) is 13.4. The number of hydrogen-bond donors (Lipinski definition) is 2. The van der Waals surface area contributed by atoms with Crippen molar-refractivity contribution in [3.8, 4) is 23.2 Å². The molecule has 0 bridgehead atoms. The molecule has 1 aliphatic heterocycles. The van der Waals surface area contributed by atoms with Gasteiger partial charge in [0, 0.05) is 56.8 Å². The SMILES string of the molecule is COCCNC1CCC(Nc2ncc(Cl)c(-c3ccnc(OCC4(C#N)CCOCC4)c3)n2)CC1. The number of aromatic nitrogens is 3. The van der Waals surface area contributed by atoms with E-state index in [1.807, 2.05) is 6.07 Å². The molecule has 2 fully saturated rings. The Morgan fingerprint density at radius 2 is 1.97 bits per heavy atom. The van der Waals surface area contributed by atoms with Crippen molar-refractivity contribution < 1.29 is 14.2 Å². The summed E-state index contributed by atoms with van der Waals surface area (Å²) in [5.41, 5.74) is 0.861. The number of nitrogens with zero attached hydrogens (tertiary/aromatic N) is 4. The molecule has 2 aromatic rings. The van der Waals surface area contributed by atoms with E-state index >= 15 is 0 Å². The summed E-state index contributed by atoms with van der Waals surface area (Å²) < 4.78 is 16.4. The van der Waals surface area contributed by atoms with Crippen LogP contribution >= 0.6 is 11.6 Å². The Hall–Kier alpha value is -2.51. The third-order valence-corrected chi connectivity index (χ3v) is 7.01. The summed E-state index contributed by atoms with van der Waals surface area (Å²) in [6, 6.07) is 6.91. The van der Waals surface area contributed by atoms with E-state index in [0.29, 0.717) is 60.7 Å². The van der Waals surface area contributed by atoms with Crippen LogP contribution in [-0.2, 0) is 9.47 Å². The number of rotatable bonds is 10. The van der Waals surface area contributed by atoms with E-state index < -0.39 is 5.41 Å². The summed E-state index contributed by atoms with van der Waals surface area (Å²) in [5.74, 6) is 0.997. The first-order chi connectivity index (χ1) is 17.1. The quantitative estimate of drug-likeness (QED) is 0.469. The highest BCUT2D eigenvalue weighted by molar-refractivity contribution is 6.32. The fraction of sp³-hybridized carbons (Fsp3) is 0.600. The van der Waals surface area contributed by atoms with Crippen LogP contribution in [0.5, 0.6) is 5.88 Å². The Morgan fingerprint density at radius 3 is 2.71 bits per heavy atom. The molecule has 1 saturated heterocycles. The number of pyridine rings is 1. The molecule has 0 unspecified atom stereocenters. The molecule has 0 atom stereocenters. The lowest BCUT2D eigenvalue weighted by atomic mass is 9.83. The molecule has 0 aromatic carbocycles. The first-order valence-electron chi connectivity index (χ1n) is 12.2. The van der Waals surface area contributed by atoms with Gasteiger partial charge in [-0.2, -0.15) is 5.26 Å². The Kier molecular flexibility index (Phi) is 9.10. The van der Waals surface area contributed by atoms with Crippen LogP contribution in [-0.4, -0.2) is 67.1 Å². The minimum absolute atomic E-state index is 0.274. The largest absolute Gasteiger partial charge is 0.476 e. The topological polar surface area (TPSA) is 114 Å². The average molecular weight is 501 g/mol. The van der Waals surface area contributed by atoms with Crippen LogP contribution in [0, 0.1) is 16.7 Å². The molecule has 0 radical (unpaired) electrons. The van der Waals surface area contributed by atoms with E-state index in [9.17, 15) is 5.26 Å². The van der Waals surface area contributed by atoms with Crippen LogP contribution in [0.2, 0.25) is 5.02 Å². The number of nitrogens with one attached hydrogen (secondary N) is 2. The first kappa shape index (κ1) is 25.6. The molecule has 0 amide bonds. The lowest BCUT2D eigenvalue weighted by molar-refractivity contribution is 0.0183. The highest BCUT2D eigenvalue weighted by atomic mass is 35.5. The van der Waals surface area contributed by atoms with Crippen LogP contribution in [0.1, 0.15) is 38.5 Å². The lowest BCUT2D eigenvalue weighted by Crippen LogP contribution is -2.38. The summed E-state index contributed by atoms with van der Waals surface area (Å²) >= 11 is 6.46. The standard InChI is InChI=1S/C25H33ClN6O3/c1-33-13-10-28-19-2-4-20(5-3-19)31-24-30-15-21(26)23(32-24)18-6-9-29-22(14-18)35-17-25(16-27)7-11-34-12-8-25/h6,9,14-15,19-20,28H,2-5,7-8,10-13,17H2,1H3,(H,30,31,32). The predicted molar refractivity (Wildman–Crippen MR) is 133 cm³/mol. The highest BCUT2D eigenvalue weighted by Gasteiger charge is 2.34. The maximum Gasteiger partial charge on any atom is 0.223 e. The Balaban J connectivity index is 1.38. The Morgan fingerprint density at radius 1 is 1.20 bits per heavy atom. The van der Waals surface area contributed by atoms with E-state index in [-0.39, 0.29) is 6.61 Å². The Labute approximate surface area is 211 Å². The number of hydrogen-bond acceptors (Lipinski definition) is 9. The van der Waals surface area contributed by atoms with E-state index in [4.69, 9.17) is 30.8 Å². The van der Waals surface area contributed by atoms with Gasteiger partial charge in [0.25, 0.3) is 0 Å². The van der Waals surface area contributed by atoms with Crippen molar-refractivity contribution in [3.63, 3.8) is 0 Å². The van der Waals surface area contributed by atoms with Crippen molar-refractivity contribution in [1.82, 2.24) is 20.3 Å². The maximum atomic E-state index is 9.66. The minimum Gasteiger partial charge on any atom is -0.476 e. The third-order valence-electron chi connectivity index (χ3n) is 6.74. The zero-order chi connectivity index (χ0) is 24.5. The number of ether oxygens (including phenoxy) is 3. The molecule has 4 rings (SSSR count). The second-order valence-corrected chi connectivity index (χ2v) is 9.61. The molecule has 3 heterocycles. The van der Waals surface area contributed by atoms with Gasteiger partial charge in [0.15, 0.2) is 0 Å². The summed E-state index contributed by atoms with van der Waals surface area (Å²) in [5, 5.41) is 17.1. The van der Waals surface area contributed by atoms with Crippen LogP contribution in [0.3, 0.4) is 0 Å². The van der Waals surface area contributed by atoms with Crippen molar-refractivity contribution in [2.45, 2.75) is 50.6 Å². The molecular formula is C25H33ClN6O3. The van der Waals surface area contributed by atoms with Crippen LogP contribution in [0.25, 0.3) is 11.3 Å². The summed E-state index contributed by atoms with van der Waals surface area (Å²) in [6.45, 7) is 3.03. The molecule has 9 nitrogen and oxygen atoms in total. The first-order valence-corrected chi connectivity index (χ1v) is 12.6. The molecule has 2 aliphatic rings. The van der Waals surface area contributed by atoms with Crippen molar-refractivity contribution in [1.29, 1.82) is 5.26 Å². The molecular weight excluding hydrogens is 468 g/mol. The summed E-state index contributed by atoms with van der Waals surface area (Å²) in [7, 11) is 1.72. The number of nitriles is 1. The van der Waals surface area contributed by atoms with Crippen LogP contribution in [0.4, 0.5) is 5.95 Å². The molecule has 2 N–H and O–H groups in total. The van der Waals surface area contributed by atoms with Gasteiger partial charge in [-0.3, -0.25) is 0 Å². The van der Waals surface area contributed by atoms with E-state index in [2.05, 4.69) is 26.7 Å². The molecule has 2 aromatic heterocycles. The van der Waals surface area contributed by atoms with Crippen molar-refractivity contribution in [3.05, 3.63) is 29.5 Å². The maximum absolute atomic E-state index is 9.66. The van der Waals surface area contributed by atoms with Gasteiger partial charge in [-0.05, 0) is 44.6 Å². The molecule has 10 heteroatoms. The highest BCUT2D eigenvalue weighted by Crippen LogP contribution is 2.32. The van der Waals surface area contributed by atoms with Crippen molar-refractivity contribution in [2.75, 3.05) is 45.4 Å². The minimum atomic E-state index is -0.544. The van der Waals surface area contributed by atoms with Gasteiger partial charge in [-0.1, -0.05) is 11.6 Å². The van der Waals surface area contributed by atoms with Crippen molar-refractivity contribution in [2.24, 2.45) is 5.41 Å². The van der Waals surface area contributed by atoms with Gasteiger partial charge in [0.2, 0.25) is 11.8 Å². The fourth-order valence-corrected chi connectivity index (χ4v) is 4.73. The fourth-order valence-electron chi connectivity index (χ4n) is 4.53. The van der Waals surface area contributed by atoms with Gasteiger partial charge >= 0.3 is 0 Å². The lowest BCUT2D eigenvalue weighted by Gasteiger charge is -2.30. The van der Waals surface area contributed by atoms with E-state index in [1.54, 1.807) is 25.6 Å². The summed E-state index contributed by atoms with van der Waals surface area (Å²) in [6.07, 6.45) is 8.89. The third kappa shape index (κ3) is 7.01. The smallest absolute Gasteiger partial charge is 0.223 e. The molecule has 35 heavy (non-hydrogen) atoms. The van der Waals surface area contributed by atoms with Gasteiger partial charge in [-0.15, -0.1) is 0 Å². The molecule has 188 valence electrons. The normalized spacial score (nSPS) is 21.7. The molecule has 1 saturated carbocycles. The van der Waals surface area contributed by atoms with Crippen LogP contribution in [0.15, 0.2) is 24.5 Å². The number of halogens is 1. The van der Waals surface area contributed by atoms with E-state index in [0.717, 1.165) is 44.4 Å². The van der Waals surface area contributed by atoms with Gasteiger partial charge < -0.3 is 24.8 Å². The monoisotopic (exact) mass is 500 g/mol. The zero-order valence-electron chi connectivity index (χ0n) is 20.1. The van der Waals surface area contributed by atoms with Gasteiger partial charge in [0.05, 0.1) is 35.0 Å². The zero-order valence-corrected chi connectivity index (χ0v) is 20.9. The van der Waals surface area contributed by atoms with Crippen LogP contribution < -0.4 is 15.4 Å². The van der Waals surface area contributed by atoms with Crippen molar-refractivity contribution >= 4 is 17.5 Å². The van der Waals surface area contributed by atoms with E-state index in [1.165, 1.54) is 0 Å². The average Bonchev–Trinajstić information content (AvgIpc) is 2.90. The number of anilines is 1. The number of methoxy groups -OCH3 is 1.